The van der Waals surface area contributed by atoms with Gasteiger partial charge in [-0.2, -0.15) is 0 Å². The standard InChI is InChI=1S/C11H28OSi2/c1-9-11(4,13(5)6)12-14(7,8)10(2)3/h10,13H,9H2,1-8H3. The zero-order valence-corrected chi connectivity index (χ0v) is 13.4. The summed E-state index contributed by atoms with van der Waals surface area (Å²) in [6.45, 7) is 18.7. The van der Waals surface area contributed by atoms with E-state index < -0.39 is 17.1 Å². The van der Waals surface area contributed by atoms with Crippen molar-refractivity contribution in [2.45, 2.75) is 71.1 Å². The van der Waals surface area contributed by atoms with E-state index >= 15 is 0 Å². The second-order valence-electron chi connectivity index (χ2n) is 5.68. The third-order valence-corrected chi connectivity index (χ3v) is 10.8. The van der Waals surface area contributed by atoms with Crippen molar-refractivity contribution < 1.29 is 4.43 Å². The molecule has 14 heavy (non-hydrogen) atoms. The van der Waals surface area contributed by atoms with Crippen molar-refractivity contribution in [1.82, 2.24) is 0 Å². The van der Waals surface area contributed by atoms with Gasteiger partial charge in [-0.25, -0.2) is 0 Å². The molecule has 0 heterocycles. The van der Waals surface area contributed by atoms with Gasteiger partial charge in [-0.1, -0.05) is 33.9 Å². The van der Waals surface area contributed by atoms with Crippen LogP contribution in [0.4, 0.5) is 0 Å². The second kappa shape index (κ2) is 4.95. The Balaban J connectivity index is 4.61. The maximum atomic E-state index is 6.50. The topological polar surface area (TPSA) is 9.23 Å². The molecule has 0 rings (SSSR count). The fraction of sp³-hybridized carbons (Fsp3) is 1.00. The van der Waals surface area contributed by atoms with Crippen molar-refractivity contribution >= 4 is 17.1 Å². The number of hydrogen-bond donors (Lipinski definition) is 0. The smallest absolute Gasteiger partial charge is 0.189 e. The van der Waals surface area contributed by atoms with Gasteiger partial charge in [0.1, 0.15) is 0 Å². The predicted octanol–water partition coefficient (Wildman–Crippen LogP) is 3.81. The molecular weight excluding hydrogens is 204 g/mol. The van der Waals surface area contributed by atoms with E-state index in [0.717, 1.165) is 0 Å². The maximum absolute atomic E-state index is 6.50. The van der Waals surface area contributed by atoms with Crippen LogP contribution in [-0.2, 0) is 4.43 Å². The second-order valence-corrected chi connectivity index (χ2v) is 13.8. The average molecular weight is 233 g/mol. The molecule has 0 aromatic rings. The van der Waals surface area contributed by atoms with Crippen molar-refractivity contribution in [3.8, 4) is 0 Å². The molecule has 0 spiro atoms. The van der Waals surface area contributed by atoms with Crippen LogP contribution in [0.2, 0.25) is 31.7 Å². The van der Waals surface area contributed by atoms with Crippen LogP contribution in [0.1, 0.15) is 34.1 Å². The Morgan fingerprint density at radius 1 is 1.29 bits per heavy atom. The molecule has 0 bridgehead atoms. The molecule has 86 valence electrons. The molecule has 0 aromatic heterocycles. The van der Waals surface area contributed by atoms with Gasteiger partial charge < -0.3 is 4.43 Å². The molecule has 0 aliphatic carbocycles. The Hall–Kier alpha value is 0.394. The van der Waals surface area contributed by atoms with Crippen molar-refractivity contribution in [1.29, 1.82) is 0 Å². The van der Waals surface area contributed by atoms with Crippen LogP contribution in [0, 0.1) is 0 Å². The van der Waals surface area contributed by atoms with E-state index in [-0.39, 0.29) is 5.22 Å². The first-order valence-electron chi connectivity index (χ1n) is 5.86. The first-order chi connectivity index (χ1) is 6.15. The van der Waals surface area contributed by atoms with Crippen molar-refractivity contribution in [3.05, 3.63) is 0 Å². The van der Waals surface area contributed by atoms with Crippen LogP contribution < -0.4 is 0 Å². The molecule has 0 radical (unpaired) electrons. The highest BCUT2D eigenvalue weighted by Gasteiger charge is 2.37. The molecule has 0 saturated carbocycles. The Morgan fingerprint density at radius 3 is 1.93 bits per heavy atom. The summed E-state index contributed by atoms with van der Waals surface area (Å²) in [6.07, 6.45) is 1.17. The maximum Gasteiger partial charge on any atom is 0.189 e. The van der Waals surface area contributed by atoms with E-state index in [1.807, 2.05) is 0 Å². The van der Waals surface area contributed by atoms with E-state index in [1.165, 1.54) is 6.42 Å². The van der Waals surface area contributed by atoms with Crippen LogP contribution >= 0.6 is 0 Å². The van der Waals surface area contributed by atoms with E-state index in [4.69, 9.17) is 4.43 Å². The molecular formula is C11H28OSi2. The van der Waals surface area contributed by atoms with Crippen LogP contribution in [0.5, 0.6) is 0 Å². The fourth-order valence-corrected chi connectivity index (χ4v) is 5.57. The van der Waals surface area contributed by atoms with Crippen LogP contribution in [0.25, 0.3) is 0 Å². The van der Waals surface area contributed by atoms with E-state index in [0.29, 0.717) is 5.54 Å². The van der Waals surface area contributed by atoms with E-state index in [1.54, 1.807) is 0 Å². The van der Waals surface area contributed by atoms with Gasteiger partial charge in [-0.05, 0) is 32.0 Å². The lowest BCUT2D eigenvalue weighted by Crippen LogP contribution is -2.51. The molecule has 0 fully saturated rings. The van der Waals surface area contributed by atoms with Gasteiger partial charge in [0.05, 0.1) is 8.80 Å². The predicted molar refractivity (Wildman–Crippen MR) is 71.2 cm³/mol. The van der Waals surface area contributed by atoms with Gasteiger partial charge in [0.25, 0.3) is 0 Å². The van der Waals surface area contributed by atoms with Gasteiger partial charge in [0.15, 0.2) is 8.32 Å². The molecule has 0 N–H and O–H groups in total. The van der Waals surface area contributed by atoms with Crippen LogP contribution in [0.15, 0.2) is 0 Å². The van der Waals surface area contributed by atoms with Crippen molar-refractivity contribution in [2.75, 3.05) is 0 Å². The molecule has 3 heteroatoms. The van der Waals surface area contributed by atoms with Crippen molar-refractivity contribution in [3.63, 3.8) is 0 Å². The fourth-order valence-electron chi connectivity index (χ4n) is 1.32. The molecule has 1 nitrogen and oxygen atoms in total. The van der Waals surface area contributed by atoms with Crippen LogP contribution in [0.3, 0.4) is 0 Å². The first-order valence-corrected chi connectivity index (χ1v) is 11.7. The van der Waals surface area contributed by atoms with Gasteiger partial charge in [0.2, 0.25) is 0 Å². The minimum Gasteiger partial charge on any atom is -0.415 e. The molecule has 0 aliphatic heterocycles. The summed E-state index contributed by atoms with van der Waals surface area (Å²) in [7, 11) is -2.19. The summed E-state index contributed by atoms with van der Waals surface area (Å²) in [5.41, 5.74) is 0.709. The Morgan fingerprint density at radius 2 is 1.71 bits per heavy atom. The van der Waals surface area contributed by atoms with E-state index in [2.05, 4.69) is 53.9 Å². The van der Waals surface area contributed by atoms with E-state index in [9.17, 15) is 0 Å². The minimum atomic E-state index is -1.47. The quantitative estimate of drug-likeness (QED) is 0.655. The molecule has 1 unspecified atom stereocenters. The summed E-state index contributed by atoms with van der Waals surface area (Å²) >= 11 is 0. The van der Waals surface area contributed by atoms with Crippen molar-refractivity contribution in [2.24, 2.45) is 0 Å². The van der Waals surface area contributed by atoms with Gasteiger partial charge in [0, 0.05) is 5.22 Å². The summed E-state index contributed by atoms with van der Waals surface area (Å²) in [4.78, 5) is 0. The highest BCUT2D eigenvalue weighted by atomic mass is 28.4. The Kier molecular flexibility index (Phi) is 5.09. The number of rotatable bonds is 5. The lowest BCUT2D eigenvalue weighted by atomic mass is 10.3. The highest BCUT2D eigenvalue weighted by molar-refractivity contribution is 6.73. The Bertz CT molecular complexity index is 178. The SMILES string of the molecule is CCC(C)(O[Si](C)(C)C(C)C)[SiH](C)C. The lowest BCUT2D eigenvalue weighted by molar-refractivity contribution is 0.151. The normalized spacial score (nSPS) is 17.6. The Labute approximate surface area is 93.0 Å². The van der Waals surface area contributed by atoms with Gasteiger partial charge >= 0.3 is 0 Å². The third kappa shape index (κ3) is 3.52. The molecule has 0 amide bonds. The summed E-state index contributed by atoms with van der Waals surface area (Å²) in [5, 5.41) is 0.208. The number of hydrogen-bond acceptors (Lipinski definition) is 1. The zero-order chi connectivity index (χ0) is 11.6. The molecule has 0 aromatic carbocycles. The van der Waals surface area contributed by atoms with Gasteiger partial charge in [-0.15, -0.1) is 0 Å². The molecule has 0 saturated heterocycles. The first kappa shape index (κ1) is 14.4. The monoisotopic (exact) mass is 232 g/mol. The molecule has 1 atom stereocenters. The summed E-state index contributed by atoms with van der Waals surface area (Å²) < 4.78 is 6.50. The lowest BCUT2D eigenvalue weighted by Gasteiger charge is -2.41. The minimum absolute atomic E-state index is 0.208. The summed E-state index contributed by atoms with van der Waals surface area (Å²) in [6, 6.07) is 0. The molecule has 0 aliphatic rings. The van der Waals surface area contributed by atoms with Crippen LogP contribution in [-0.4, -0.2) is 22.3 Å². The zero-order valence-electron chi connectivity index (χ0n) is 11.3. The average Bonchev–Trinajstić information content (AvgIpc) is 2.02. The third-order valence-electron chi connectivity index (χ3n) is 3.81. The highest BCUT2D eigenvalue weighted by Crippen LogP contribution is 2.30. The van der Waals surface area contributed by atoms with Gasteiger partial charge in [-0.3, -0.25) is 0 Å². The largest absolute Gasteiger partial charge is 0.415 e. The summed E-state index contributed by atoms with van der Waals surface area (Å²) in [5.74, 6) is 0.